The van der Waals surface area contributed by atoms with Gasteiger partial charge in [-0.3, -0.25) is 0 Å². The molecule has 1 unspecified atom stereocenters. The van der Waals surface area contributed by atoms with Crippen molar-refractivity contribution in [3.63, 3.8) is 0 Å². The van der Waals surface area contributed by atoms with Crippen molar-refractivity contribution in [2.75, 3.05) is 0 Å². The molecule has 0 aromatic carbocycles. The van der Waals surface area contributed by atoms with Gasteiger partial charge in [-0.15, -0.1) is 0 Å². The van der Waals surface area contributed by atoms with Crippen molar-refractivity contribution in [2.24, 2.45) is 5.92 Å². The molecule has 28 heavy (non-hydrogen) atoms. The van der Waals surface area contributed by atoms with Crippen LogP contribution < -0.4 is 0 Å². The van der Waals surface area contributed by atoms with Gasteiger partial charge in [0, 0.05) is 5.57 Å². The molecule has 0 fully saturated rings. The Morgan fingerprint density at radius 2 is 0.929 bits per heavy atom. The molecule has 1 N–H and O–H groups in total. The summed E-state index contributed by atoms with van der Waals surface area (Å²) in [5, 5.41) is 9.19. The maximum absolute atomic E-state index is 11.2. The lowest BCUT2D eigenvalue weighted by molar-refractivity contribution is -0.133. The largest absolute Gasteiger partial charge is 0.478 e. The van der Waals surface area contributed by atoms with Crippen LogP contribution in [-0.2, 0) is 4.79 Å². The van der Waals surface area contributed by atoms with Crippen molar-refractivity contribution in [1.82, 2.24) is 0 Å². The molecule has 0 aromatic heterocycles. The van der Waals surface area contributed by atoms with E-state index in [0.29, 0.717) is 5.57 Å². The van der Waals surface area contributed by atoms with E-state index in [9.17, 15) is 9.90 Å². The lowest BCUT2D eigenvalue weighted by atomic mass is 9.89. The van der Waals surface area contributed by atoms with Gasteiger partial charge in [0.05, 0.1) is 0 Å². The first-order chi connectivity index (χ1) is 13.6. The molecule has 0 saturated heterocycles. The minimum absolute atomic E-state index is 0.184. The highest BCUT2D eigenvalue weighted by atomic mass is 16.4. The molecule has 0 radical (unpaired) electrons. The highest BCUT2D eigenvalue weighted by Crippen LogP contribution is 2.24. The molecule has 0 spiro atoms. The number of carbonyl (C=O) groups is 1. The first-order valence-corrected chi connectivity index (χ1v) is 12.6. The zero-order chi connectivity index (χ0) is 20.9. The third kappa shape index (κ3) is 17.3. The minimum atomic E-state index is -0.808. The molecule has 166 valence electrons. The predicted octanol–water partition coefficient (Wildman–Crippen LogP) is 9.09. The summed E-state index contributed by atoms with van der Waals surface area (Å²) < 4.78 is 0. The van der Waals surface area contributed by atoms with Gasteiger partial charge in [0.25, 0.3) is 0 Å². The van der Waals surface area contributed by atoms with Gasteiger partial charge >= 0.3 is 5.97 Å². The Hall–Kier alpha value is -0.790. The van der Waals surface area contributed by atoms with Crippen LogP contribution in [0.1, 0.15) is 142 Å². The van der Waals surface area contributed by atoms with Crippen LogP contribution in [0.3, 0.4) is 0 Å². The molecule has 0 aromatic rings. The summed E-state index contributed by atoms with van der Waals surface area (Å²) in [6.45, 7) is 8.24. The monoisotopic (exact) mass is 394 g/mol. The van der Waals surface area contributed by atoms with E-state index >= 15 is 0 Å². The van der Waals surface area contributed by atoms with Crippen molar-refractivity contribution in [2.45, 2.75) is 142 Å². The number of aliphatic carboxylic acids is 1. The molecule has 2 heteroatoms. The predicted molar refractivity (Wildman–Crippen MR) is 124 cm³/mol. The number of carboxylic acid groups (broad SMARTS) is 1. The van der Waals surface area contributed by atoms with Crippen molar-refractivity contribution in [3.05, 3.63) is 12.2 Å². The standard InChI is InChI=1S/C26H50O2/c1-4-6-8-9-10-11-12-13-14-15-16-17-18-19-20-21-23-25(22-7-5-2)24(3)26(27)28/h25H,3-23H2,1-2H3,(H,27,28). The summed E-state index contributed by atoms with van der Waals surface area (Å²) in [6.07, 6.45) is 26.3. The van der Waals surface area contributed by atoms with E-state index in [4.69, 9.17) is 0 Å². The normalized spacial score (nSPS) is 12.2. The summed E-state index contributed by atoms with van der Waals surface area (Å²) in [5.41, 5.74) is 0.425. The average molecular weight is 395 g/mol. The van der Waals surface area contributed by atoms with E-state index in [1.54, 1.807) is 0 Å². The van der Waals surface area contributed by atoms with Gasteiger partial charge in [-0.2, -0.15) is 0 Å². The van der Waals surface area contributed by atoms with Gasteiger partial charge in [0.1, 0.15) is 0 Å². The van der Waals surface area contributed by atoms with Crippen LogP contribution in [0.25, 0.3) is 0 Å². The summed E-state index contributed by atoms with van der Waals surface area (Å²) in [4.78, 5) is 11.2. The zero-order valence-electron chi connectivity index (χ0n) is 19.3. The van der Waals surface area contributed by atoms with Gasteiger partial charge in [-0.05, 0) is 18.8 Å². The van der Waals surface area contributed by atoms with Gasteiger partial charge in [-0.1, -0.05) is 136 Å². The van der Waals surface area contributed by atoms with E-state index in [2.05, 4.69) is 20.4 Å². The fourth-order valence-corrected chi connectivity index (χ4v) is 4.06. The number of carboxylic acids is 1. The first kappa shape index (κ1) is 27.2. The third-order valence-electron chi connectivity index (χ3n) is 6.08. The highest BCUT2D eigenvalue weighted by Gasteiger charge is 2.17. The molecular formula is C26H50O2. The smallest absolute Gasteiger partial charge is 0.331 e. The molecule has 0 saturated carbocycles. The second-order valence-corrected chi connectivity index (χ2v) is 8.76. The lowest BCUT2D eigenvalue weighted by Gasteiger charge is -2.16. The van der Waals surface area contributed by atoms with E-state index in [-0.39, 0.29) is 5.92 Å². The maximum Gasteiger partial charge on any atom is 0.331 e. The topological polar surface area (TPSA) is 37.3 Å². The van der Waals surface area contributed by atoms with E-state index in [1.165, 1.54) is 96.3 Å². The molecule has 0 rings (SSSR count). The Kier molecular flexibility index (Phi) is 20.3. The van der Waals surface area contributed by atoms with Crippen molar-refractivity contribution in [1.29, 1.82) is 0 Å². The number of hydrogen-bond donors (Lipinski definition) is 1. The molecule has 1 atom stereocenters. The molecule has 0 heterocycles. The summed E-state index contributed by atoms with van der Waals surface area (Å²) in [6, 6.07) is 0. The lowest BCUT2D eigenvalue weighted by Crippen LogP contribution is -2.12. The Bertz CT molecular complexity index is 361. The van der Waals surface area contributed by atoms with Gasteiger partial charge in [0.2, 0.25) is 0 Å². The van der Waals surface area contributed by atoms with Crippen molar-refractivity contribution >= 4 is 5.97 Å². The fraction of sp³-hybridized carbons (Fsp3) is 0.885. The van der Waals surface area contributed by atoms with Crippen LogP contribution in [-0.4, -0.2) is 11.1 Å². The molecule has 0 aliphatic carbocycles. The summed E-state index contributed by atoms with van der Waals surface area (Å²) in [5.74, 6) is -0.623. The second-order valence-electron chi connectivity index (χ2n) is 8.76. The summed E-state index contributed by atoms with van der Waals surface area (Å²) >= 11 is 0. The molecule has 0 amide bonds. The number of unbranched alkanes of at least 4 members (excludes halogenated alkanes) is 16. The fourth-order valence-electron chi connectivity index (χ4n) is 4.06. The molecule has 2 nitrogen and oxygen atoms in total. The van der Waals surface area contributed by atoms with Crippen molar-refractivity contribution in [3.8, 4) is 0 Å². The van der Waals surface area contributed by atoms with Gasteiger partial charge in [0.15, 0.2) is 0 Å². The summed E-state index contributed by atoms with van der Waals surface area (Å²) in [7, 11) is 0. The molecule has 0 aliphatic rings. The average Bonchev–Trinajstić information content (AvgIpc) is 2.69. The highest BCUT2D eigenvalue weighted by molar-refractivity contribution is 5.86. The van der Waals surface area contributed by atoms with Crippen LogP contribution in [0.2, 0.25) is 0 Å². The van der Waals surface area contributed by atoms with E-state index < -0.39 is 5.97 Å². The first-order valence-electron chi connectivity index (χ1n) is 12.6. The Morgan fingerprint density at radius 3 is 1.29 bits per heavy atom. The molecule has 0 bridgehead atoms. The van der Waals surface area contributed by atoms with E-state index in [1.807, 2.05) is 0 Å². The number of rotatable bonds is 22. The van der Waals surface area contributed by atoms with Gasteiger partial charge < -0.3 is 5.11 Å². The van der Waals surface area contributed by atoms with Crippen LogP contribution in [0.4, 0.5) is 0 Å². The van der Waals surface area contributed by atoms with Crippen LogP contribution in [0.5, 0.6) is 0 Å². The second kappa shape index (κ2) is 20.9. The van der Waals surface area contributed by atoms with E-state index in [0.717, 1.165) is 32.1 Å². The Morgan fingerprint density at radius 1 is 0.607 bits per heavy atom. The quantitative estimate of drug-likeness (QED) is 0.147. The van der Waals surface area contributed by atoms with Crippen LogP contribution in [0, 0.1) is 5.92 Å². The van der Waals surface area contributed by atoms with Gasteiger partial charge in [-0.25, -0.2) is 4.79 Å². The molecular weight excluding hydrogens is 344 g/mol. The maximum atomic E-state index is 11.2. The van der Waals surface area contributed by atoms with Crippen LogP contribution in [0.15, 0.2) is 12.2 Å². The third-order valence-corrected chi connectivity index (χ3v) is 6.08. The zero-order valence-corrected chi connectivity index (χ0v) is 19.3. The number of hydrogen-bond acceptors (Lipinski definition) is 1. The Labute approximate surface area is 176 Å². The van der Waals surface area contributed by atoms with Crippen molar-refractivity contribution < 1.29 is 9.90 Å². The van der Waals surface area contributed by atoms with Crippen LogP contribution >= 0.6 is 0 Å². The SMILES string of the molecule is C=C(C(=O)O)C(CCCC)CCCCCCCCCCCCCCCCCC. The minimum Gasteiger partial charge on any atom is -0.478 e. The molecule has 0 aliphatic heterocycles. The Balaban J connectivity index is 3.41.